The summed E-state index contributed by atoms with van der Waals surface area (Å²) in [5.41, 5.74) is 4.70. The molecule has 1 amide bonds. The Balaban J connectivity index is 1.69. The summed E-state index contributed by atoms with van der Waals surface area (Å²) in [4.78, 5) is 17.4. The molecule has 0 atom stereocenters. The highest BCUT2D eigenvalue weighted by molar-refractivity contribution is 5.93. The second kappa shape index (κ2) is 6.52. The molecule has 0 spiro atoms. The predicted octanol–water partition coefficient (Wildman–Crippen LogP) is 4.55. The van der Waals surface area contributed by atoms with Crippen molar-refractivity contribution < 1.29 is 9.21 Å². The third-order valence-corrected chi connectivity index (χ3v) is 4.36. The van der Waals surface area contributed by atoms with Gasteiger partial charge in [0.15, 0.2) is 11.6 Å². The number of aryl methyl sites for hydroxylation is 2. The average molecular weight is 345 g/mol. The van der Waals surface area contributed by atoms with Gasteiger partial charge in [-0.05, 0) is 55.3 Å². The van der Waals surface area contributed by atoms with Gasteiger partial charge in [-0.25, -0.2) is 4.98 Å². The van der Waals surface area contributed by atoms with Gasteiger partial charge >= 0.3 is 0 Å². The quantitative estimate of drug-likeness (QED) is 0.590. The van der Waals surface area contributed by atoms with E-state index in [0.717, 1.165) is 27.8 Å². The highest BCUT2D eigenvalue weighted by Gasteiger charge is 2.17. The van der Waals surface area contributed by atoms with Gasteiger partial charge in [0.1, 0.15) is 6.54 Å². The molecule has 0 unspecified atom stereocenters. The number of benzene rings is 2. The van der Waals surface area contributed by atoms with Crippen LogP contribution >= 0.6 is 0 Å². The molecule has 0 aliphatic carbocycles. The normalized spacial score (nSPS) is 11.0. The summed E-state index contributed by atoms with van der Waals surface area (Å²) < 4.78 is 7.39. The fourth-order valence-electron chi connectivity index (χ4n) is 3.03. The summed E-state index contributed by atoms with van der Waals surface area (Å²) >= 11 is 0. The molecule has 2 heterocycles. The van der Waals surface area contributed by atoms with E-state index < -0.39 is 0 Å². The van der Waals surface area contributed by atoms with Crippen LogP contribution < -0.4 is 5.32 Å². The fourth-order valence-corrected chi connectivity index (χ4v) is 3.03. The smallest absolute Gasteiger partial charge is 0.244 e. The first-order chi connectivity index (χ1) is 12.6. The Hall–Kier alpha value is -3.34. The lowest BCUT2D eigenvalue weighted by molar-refractivity contribution is -0.116. The van der Waals surface area contributed by atoms with Crippen LogP contribution in [0.25, 0.3) is 22.6 Å². The zero-order valence-corrected chi connectivity index (χ0v) is 14.7. The molecule has 4 rings (SSSR count). The Morgan fingerprint density at radius 3 is 2.77 bits per heavy atom. The van der Waals surface area contributed by atoms with Crippen molar-refractivity contribution in [2.45, 2.75) is 20.4 Å². The number of nitrogens with one attached hydrogen (secondary N) is 1. The Bertz CT molecular complexity index is 1080. The number of hydrogen-bond acceptors (Lipinski definition) is 3. The van der Waals surface area contributed by atoms with Crippen molar-refractivity contribution in [2.75, 3.05) is 5.32 Å². The van der Waals surface area contributed by atoms with Crippen LogP contribution in [0.3, 0.4) is 0 Å². The van der Waals surface area contributed by atoms with E-state index >= 15 is 0 Å². The van der Waals surface area contributed by atoms with E-state index in [1.165, 1.54) is 0 Å². The fraction of sp³-hybridized carbons (Fsp3) is 0.143. The molecular weight excluding hydrogens is 326 g/mol. The van der Waals surface area contributed by atoms with Gasteiger partial charge < -0.3 is 14.3 Å². The number of rotatable bonds is 4. The lowest BCUT2D eigenvalue weighted by atomic mass is 10.1. The van der Waals surface area contributed by atoms with Crippen LogP contribution in [0.5, 0.6) is 0 Å². The number of hydrogen-bond donors (Lipinski definition) is 1. The molecule has 26 heavy (non-hydrogen) atoms. The van der Waals surface area contributed by atoms with E-state index in [1.807, 2.05) is 73.0 Å². The first-order valence-electron chi connectivity index (χ1n) is 8.48. The van der Waals surface area contributed by atoms with E-state index in [2.05, 4.69) is 10.3 Å². The first kappa shape index (κ1) is 16.1. The minimum absolute atomic E-state index is 0.102. The maximum Gasteiger partial charge on any atom is 0.244 e. The molecule has 130 valence electrons. The first-order valence-corrected chi connectivity index (χ1v) is 8.48. The SMILES string of the molecule is Cc1ccc(C)c(NC(=O)Cn2c(-c3ccco3)nc3ccccc32)c1. The van der Waals surface area contributed by atoms with E-state index in [9.17, 15) is 4.79 Å². The van der Waals surface area contributed by atoms with Crippen LogP contribution in [-0.4, -0.2) is 15.5 Å². The van der Waals surface area contributed by atoms with Crippen LogP contribution in [0, 0.1) is 13.8 Å². The van der Waals surface area contributed by atoms with Crippen molar-refractivity contribution in [3.8, 4) is 11.6 Å². The van der Waals surface area contributed by atoms with Crippen LogP contribution in [0.2, 0.25) is 0 Å². The molecule has 4 aromatic rings. The van der Waals surface area contributed by atoms with Gasteiger partial charge in [0, 0.05) is 5.69 Å². The van der Waals surface area contributed by atoms with Crippen LogP contribution in [0.4, 0.5) is 5.69 Å². The number of carbonyl (C=O) groups excluding carboxylic acids is 1. The third-order valence-electron chi connectivity index (χ3n) is 4.36. The maximum atomic E-state index is 12.7. The number of aromatic nitrogens is 2. The average Bonchev–Trinajstić information content (AvgIpc) is 3.26. The zero-order valence-electron chi connectivity index (χ0n) is 14.7. The lowest BCUT2D eigenvalue weighted by Crippen LogP contribution is -2.19. The summed E-state index contributed by atoms with van der Waals surface area (Å²) in [7, 11) is 0. The number of para-hydroxylation sites is 2. The van der Waals surface area contributed by atoms with Gasteiger partial charge in [-0.15, -0.1) is 0 Å². The number of amides is 1. The molecule has 0 aliphatic heterocycles. The second-order valence-electron chi connectivity index (χ2n) is 6.35. The van der Waals surface area contributed by atoms with E-state index in [1.54, 1.807) is 6.26 Å². The van der Waals surface area contributed by atoms with E-state index in [0.29, 0.717) is 11.6 Å². The number of fused-ring (bicyclic) bond motifs is 1. The summed E-state index contributed by atoms with van der Waals surface area (Å²) in [6, 6.07) is 17.4. The van der Waals surface area contributed by atoms with Crippen LogP contribution in [0.15, 0.2) is 65.3 Å². The number of furan rings is 1. The summed E-state index contributed by atoms with van der Waals surface area (Å²) in [6.07, 6.45) is 1.61. The Morgan fingerprint density at radius 1 is 1.12 bits per heavy atom. The monoisotopic (exact) mass is 345 g/mol. The molecule has 2 aromatic heterocycles. The van der Waals surface area contributed by atoms with Crippen LogP contribution in [-0.2, 0) is 11.3 Å². The molecule has 0 saturated carbocycles. The molecule has 0 saturated heterocycles. The number of nitrogens with zero attached hydrogens (tertiary/aromatic N) is 2. The van der Waals surface area contributed by atoms with Crippen molar-refractivity contribution in [3.05, 3.63) is 72.0 Å². The minimum atomic E-state index is -0.102. The standard InChI is InChI=1S/C21H19N3O2/c1-14-9-10-15(2)17(12-14)22-20(25)13-24-18-7-4-3-6-16(18)23-21(24)19-8-5-11-26-19/h3-12H,13H2,1-2H3,(H,22,25). The highest BCUT2D eigenvalue weighted by atomic mass is 16.3. The van der Waals surface area contributed by atoms with E-state index in [4.69, 9.17) is 4.42 Å². The summed E-state index contributed by atoms with van der Waals surface area (Å²) in [5.74, 6) is 1.18. The Kier molecular flexibility index (Phi) is 4.05. The third kappa shape index (κ3) is 2.99. The van der Waals surface area contributed by atoms with Gasteiger partial charge in [-0.3, -0.25) is 4.79 Å². The Morgan fingerprint density at radius 2 is 1.96 bits per heavy atom. The summed E-state index contributed by atoms with van der Waals surface area (Å²) in [5, 5.41) is 3.01. The minimum Gasteiger partial charge on any atom is -0.461 e. The van der Waals surface area contributed by atoms with Gasteiger partial charge in [0.25, 0.3) is 0 Å². The van der Waals surface area contributed by atoms with Crippen LogP contribution in [0.1, 0.15) is 11.1 Å². The molecule has 5 nitrogen and oxygen atoms in total. The topological polar surface area (TPSA) is 60.1 Å². The molecule has 2 aromatic carbocycles. The molecule has 0 aliphatic rings. The van der Waals surface area contributed by atoms with Crippen molar-refractivity contribution in [1.29, 1.82) is 0 Å². The van der Waals surface area contributed by atoms with Crippen molar-refractivity contribution >= 4 is 22.6 Å². The van der Waals surface area contributed by atoms with Gasteiger partial charge in [-0.2, -0.15) is 0 Å². The molecule has 0 bridgehead atoms. The maximum absolute atomic E-state index is 12.7. The highest BCUT2D eigenvalue weighted by Crippen LogP contribution is 2.25. The largest absolute Gasteiger partial charge is 0.461 e. The second-order valence-corrected chi connectivity index (χ2v) is 6.35. The zero-order chi connectivity index (χ0) is 18.1. The van der Waals surface area contributed by atoms with Gasteiger partial charge in [-0.1, -0.05) is 24.3 Å². The molecule has 0 fully saturated rings. The number of imidazole rings is 1. The Labute approximate surface area is 151 Å². The molecule has 0 radical (unpaired) electrons. The predicted molar refractivity (Wildman–Crippen MR) is 102 cm³/mol. The number of carbonyl (C=O) groups is 1. The van der Waals surface area contributed by atoms with E-state index in [-0.39, 0.29) is 12.5 Å². The van der Waals surface area contributed by atoms with Gasteiger partial charge in [0.05, 0.1) is 17.3 Å². The van der Waals surface area contributed by atoms with Crippen molar-refractivity contribution in [3.63, 3.8) is 0 Å². The molecule has 1 N–H and O–H groups in total. The number of anilines is 1. The summed E-state index contributed by atoms with van der Waals surface area (Å²) in [6.45, 7) is 4.15. The van der Waals surface area contributed by atoms with Crippen molar-refractivity contribution in [2.24, 2.45) is 0 Å². The molecular formula is C21H19N3O2. The molecule has 5 heteroatoms. The van der Waals surface area contributed by atoms with Gasteiger partial charge in [0.2, 0.25) is 5.91 Å². The van der Waals surface area contributed by atoms with Crippen molar-refractivity contribution in [1.82, 2.24) is 9.55 Å². The lowest BCUT2D eigenvalue weighted by Gasteiger charge is -2.11.